The van der Waals surface area contributed by atoms with Gasteiger partial charge < -0.3 is 20.2 Å². The van der Waals surface area contributed by atoms with Crippen LogP contribution in [0.1, 0.15) is 12.8 Å². The van der Waals surface area contributed by atoms with E-state index >= 15 is 0 Å². The van der Waals surface area contributed by atoms with Gasteiger partial charge in [0.15, 0.2) is 11.6 Å². The van der Waals surface area contributed by atoms with Gasteiger partial charge in [-0.15, -0.1) is 0 Å². The predicted octanol–water partition coefficient (Wildman–Crippen LogP) is 0.360. The van der Waals surface area contributed by atoms with Crippen molar-refractivity contribution in [3.8, 4) is 5.75 Å². The predicted molar refractivity (Wildman–Crippen MR) is 63.8 cm³/mol. The van der Waals surface area contributed by atoms with Gasteiger partial charge in [-0.1, -0.05) is 0 Å². The molecule has 0 amide bonds. The van der Waals surface area contributed by atoms with Gasteiger partial charge >= 0.3 is 0 Å². The van der Waals surface area contributed by atoms with E-state index in [1.807, 2.05) is 0 Å². The molecule has 4 N–H and O–H groups in total. The summed E-state index contributed by atoms with van der Waals surface area (Å²) in [5.74, 6) is 6.99. The minimum atomic E-state index is 0.340. The van der Waals surface area contributed by atoms with Crippen LogP contribution in [0.5, 0.6) is 5.75 Å². The van der Waals surface area contributed by atoms with E-state index in [-0.39, 0.29) is 0 Å². The molecule has 1 aromatic rings. The highest BCUT2D eigenvalue weighted by atomic mass is 16.5. The fourth-order valence-electron chi connectivity index (χ4n) is 1.84. The normalized spacial score (nSPS) is 22.8. The third kappa shape index (κ3) is 2.40. The minimum absolute atomic E-state index is 0.340. The Balaban J connectivity index is 2.05. The number of nitrogens with one attached hydrogen (secondary N) is 2. The van der Waals surface area contributed by atoms with E-state index < -0.39 is 0 Å². The molecule has 1 aliphatic rings. The van der Waals surface area contributed by atoms with Gasteiger partial charge in [0.2, 0.25) is 5.75 Å². The largest absolute Gasteiger partial charge is 0.490 e. The Morgan fingerprint density at radius 1 is 1.29 bits per heavy atom. The van der Waals surface area contributed by atoms with E-state index in [1.165, 1.54) is 6.33 Å². The van der Waals surface area contributed by atoms with Crippen LogP contribution in [0.4, 0.5) is 11.6 Å². The summed E-state index contributed by atoms with van der Waals surface area (Å²) in [6.07, 6.45) is 3.71. The first kappa shape index (κ1) is 11.9. The second-order valence-corrected chi connectivity index (χ2v) is 3.92. The first-order valence-corrected chi connectivity index (χ1v) is 5.43. The molecular weight excluding hydrogens is 222 g/mol. The average molecular weight is 239 g/mol. The maximum atomic E-state index is 5.35. The lowest BCUT2D eigenvalue weighted by molar-refractivity contribution is 0.0327. The number of nitrogen functional groups attached to an aromatic ring is 1. The van der Waals surface area contributed by atoms with Crippen LogP contribution in [0.2, 0.25) is 0 Å². The lowest BCUT2D eigenvalue weighted by Gasteiger charge is -2.35. The minimum Gasteiger partial charge on any atom is -0.490 e. The lowest BCUT2D eigenvalue weighted by Crippen LogP contribution is -2.40. The number of hydrogen-bond acceptors (Lipinski definition) is 7. The molecule has 0 unspecified atom stereocenters. The molecule has 0 spiro atoms. The Morgan fingerprint density at radius 3 is 2.59 bits per heavy atom. The molecule has 0 atom stereocenters. The van der Waals surface area contributed by atoms with Crippen LogP contribution in [-0.2, 0) is 4.74 Å². The molecule has 1 heterocycles. The molecule has 7 heteroatoms. The molecular formula is C10H17N5O2. The molecule has 0 aromatic carbocycles. The summed E-state index contributed by atoms with van der Waals surface area (Å²) < 4.78 is 10.4. The fourth-order valence-corrected chi connectivity index (χ4v) is 1.84. The van der Waals surface area contributed by atoms with Gasteiger partial charge in [-0.05, 0) is 12.8 Å². The molecule has 17 heavy (non-hydrogen) atoms. The zero-order valence-electron chi connectivity index (χ0n) is 9.93. The maximum absolute atomic E-state index is 5.35. The van der Waals surface area contributed by atoms with Crippen molar-refractivity contribution in [1.29, 1.82) is 0 Å². The molecule has 2 rings (SSSR count). The van der Waals surface area contributed by atoms with E-state index in [0.717, 1.165) is 12.8 Å². The Labute approximate surface area is 99.7 Å². The standard InChI is InChI=1S/C10H17N5O2/c1-16-7-3-6(4-7)14-9-8(17-2)10(15-11)13-5-12-9/h5-7H,3-4,11H2,1-2H3,(H2,12,13,14,15). The average Bonchev–Trinajstić information content (AvgIpc) is 2.32. The van der Waals surface area contributed by atoms with E-state index in [1.54, 1.807) is 14.2 Å². The number of hydrazine groups is 1. The summed E-state index contributed by atoms with van der Waals surface area (Å²) in [5, 5.41) is 3.29. The van der Waals surface area contributed by atoms with Gasteiger partial charge in [0.1, 0.15) is 6.33 Å². The molecule has 0 radical (unpaired) electrons. The van der Waals surface area contributed by atoms with Gasteiger partial charge in [0.05, 0.1) is 13.2 Å². The van der Waals surface area contributed by atoms with Crippen molar-refractivity contribution in [2.75, 3.05) is 25.0 Å². The van der Waals surface area contributed by atoms with Gasteiger partial charge in [-0.25, -0.2) is 15.8 Å². The molecule has 94 valence electrons. The van der Waals surface area contributed by atoms with Crippen molar-refractivity contribution in [2.24, 2.45) is 5.84 Å². The first-order valence-electron chi connectivity index (χ1n) is 5.43. The van der Waals surface area contributed by atoms with E-state index in [4.69, 9.17) is 15.3 Å². The number of nitrogens with two attached hydrogens (primary N) is 1. The summed E-state index contributed by atoms with van der Waals surface area (Å²) in [7, 11) is 3.28. The lowest BCUT2D eigenvalue weighted by atomic mass is 9.89. The monoisotopic (exact) mass is 239 g/mol. The summed E-state index contributed by atoms with van der Waals surface area (Å²) in [4.78, 5) is 8.12. The van der Waals surface area contributed by atoms with Crippen molar-refractivity contribution >= 4 is 11.6 Å². The molecule has 1 fully saturated rings. The molecule has 0 bridgehead atoms. The van der Waals surface area contributed by atoms with Crippen LogP contribution >= 0.6 is 0 Å². The highest BCUT2D eigenvalue weighted by molar-refractivity contribution is 5.63. The van der Waals surface area contributed by atoms with E-state index in [0.29, 0.717) is 29.5 Å². The van der Waals surface area contributed by atoms with E-state index in [9.17, 15) is 0 Å². The van der Waals surface area contributed by atoms with Crippen LogP contribution in [0.15, 0.2) is 6.33 Å². The van der Waals surface area contributed by atoms with Gasteiger partial charge in [0.25, 0.3) is 0 Å². The number of ether oxygens (including phenoxy) is 2. The van der Waals surface area contributed by atoms with Crippen molar-refractivity contribution in [2.45, 2.75) is 25.0 Å². The maximum Gasteiger partial charge on any atom is 0.205 e. The number of rotatable bonds is 5. The van der Waals surface area contributed by atoms with Crippen LogP contribution < -0.4 is 21.3 Å². The summed E-state index contributed by atoms with van der Waals surface area (Å²) in [6.45, 7) is 0. The van der Waals surface area contributed by atoms with Gasteiger partial charge in [-0.2, -0.15) is 0 Å². The van der Waals surface area contributed by atoms with Crippen LogP contribution in [0.25, 0.3) is 0 Å². The third-order valence-electron chi connectivity index (χ3n) is 2.91. The summed E-state index contributed by atoms with van der Waals surface area (Å²) in [5.41, 5.74) is 2.48. The first-order chi connectivity index (χ1) is 8.28. The second kappa shape index (κ2) is 5.15. The highest BCUT2D eigenvalue weighted by Crippen LogP contribution is 2.32. The molecule has 1 aliphatic carbocycles. The number of methoxy groups -OCH3 is 2. The molecule has 1 saturated carbocycles. The SMILES string of the molecule is COc1c(NN)ncnc1NC1CC(OC)C1. The Kier molecular flexibility index (Phi) is 3.60. The molecule has 0 saturated heterocycles. The van der Waals surface area contributed by atoms with Gasteiger partial charge in [0, 0.05) is 13.2 Å². The summed E-state index contributed by atoms with van der Waals surface area (Å²) in [6, 6.07) is 0.356. The van der Waals surface area contributed by atoms with Crippen LogP contribution in [0, 0.1) is 0 Å². The van der Waals surface area contributed by atoms with Crippen LogP contribution in [0.3, 0.4) is 0 Å². The van der Waals surface area contributed by atoms with Crippen LogP contribution in [-0.4, -0.2) is 36.3 Å². The quantitative estimate of drug-likeness (QED) is 0.504. The van der Waals surface area contributed by atoms with Crippen molar-refractivity contribution < 1.29 is 9.47 Å². The smallest absolute Gasteiger partial charge is 0.205 e. The molecule has 0 aliphatic heterocycles. The summed E-state index contributed by atoms with van der Waals surface area (Å²) >= 11 is 0. The van der Waals surface area contributed by atoms with Crippen molar-refractivity contribution in [3.05, 3.63) is 6.33 Å². The number of aromatic nitrogens is 2. The zero-order chi connectivity index (χ0) is 12.3. The fraction of sp³-hybridized carbons (Fsp3) is 0.600. The molecule has 7 nitrogen and oxygen atoms in total. The number of anilines is 2. The number of nitrogens with zero attached hydrogens (tertiary/aromatic N) is 2. The Morgan fingerprint density at radius 2 is 2.00 bits per heavy atom. The Hall–Kier alpha value is -1.60. The van der Waals surface area contributed by atoms with Crippen molar-refractivity contribution in [3.63, 3.8) is 0 Å². The topological polar surface area (TPSA) is 94.3 Å². The molecule has 1 aromatic heterocycles. The van der Waals surface area contributed by atoms with E-state index in [2.05, 4.69) is 20.7 Å². The van der Waals surface area contributed by atoms with Gasteiger partial charge in [-0.3, -0.25) is 0 Å². The highest BCUT2D eigenvalue weighted by Gasteiger charge is 2.30. The van der Waals surface area contributed by atoms with Crippen molar-refractivity contribution in [1.82, 2.24) is 9.97 Å². The zero-order valence-corrected chi connectivity index (χ0v) is 9.93. The second-order valence-electron chi connectivity index (χ2n) is 3.92. The third-order valence-corrected chi connectivity index (χ3v) is 2.91. The Bertz CT molecular complexity index is 381. The number of hydrogen-bond donors (Lipinski definition) is 3.